The fraction of sp³-hybridized carbons (Fsp3) is 0.889. The monoisotopic (exact) mass is 465 g/mol. The maximum Gasteiger partial charge on any atom is 0.234 e. The molecule has 146 valence electrons. The van der Waals surface area contributed by atoms with E-state index in [-0.39, 0.29) is 29.9 Å². The summed E-state index contributed by atoms with van der Waals surface area (Å²) in [6, 6.07) is 0.457. The molecule has 1 aliphatic carbocycles. The lowest BCUT2D eigenvalue weighted by Gasteiger charge is -2.32. The van der Waals surface area contributed by atoms with E-state index in [2.05, 4.69) is 34.7 Å². The van der Waals surface area contributed by atoms with Gasteiger partial charge in [-0.1, -0.05) is 19.8 Å². The highest BCUT2D eigenvalue weighted by Crippen LogP contribution is 2.32. The first-order valence-corrected chi connectivity index (χ1v) is 9.75. The second-order valence-corrected chi connectivity index (χ2v) is 7.04. The fourth-order valence-electron chi connectivity index (χ4n) is 3.04. The van der Waals surface area contributed by atoms with E-state index in [4.69, 9.17) is 4.99 Å². The van der Waals surface area contributed by atoms with Crippen molar-refractivity contribution in [2.45, 2.75) is 58.4 Å². The van der Waals surface area contributed by atoms with Gasteiger partial charge in [0.15, 0.2) is 5.96 Å². The zero-order chi connectivity index (χ0) is 17.2. The smallest absolute Gasteiger partial charge is 0.234 e. The molecule has 6 nitrogen and oxygen atoms in total. The number of carbonyl (C=O) groups excluding carboxylic acids is 1. The van der Waals surface area contributed by atoms with Crippen molar-refractivity contribution in [1.82, 2.24) is 20.9 Å². The number of nitrogens with zero attached hydrogens (tertiary/aromatic N) is 2. The standard InChI is InChI=1S/C18H35N5O.HI/c1-3-10-20-17(24)14-23-12-8-16(9-13-23)22-18(19-4-2)21-11-7-15-5-6-15;/h15-16H,3-14H2,1-2H3,(H,20,24)(H2,19,21,22);1H. The van der Waals surface area contributed by atoms with Gasteiger partial charge in [0.05, 0.1) is 6.54 Å². The number of nitrogens with one attached hydrogen (secondary N) is 3. The van der Waals surface area contributed by atoms with Crippen molar-refractivity contribution in [3.05, 3.63) is 0 Å². The van der Waals surface area contributed by atoms with E-state index < -0.39 is 0 Å². The van der Waals surface area contributed by atoms with Crippen LogP contribution in [0, 0.1) is 5.92 Å². The second-order valence-electron chi connectivity index (χ2n) is 7.04. The molecule has 2 aliphatic rings. The van der Waals surface area contributed by atoms with Crippen molar-refractivity contribution in [1.29, 1.82) is 0 Å². The minimum atomic E-state index is 0. The van der Waals surface area contributed by atoms with Crippen LogP contribution in [0.5, 0.6) is 0 Å². The number of carbonyl (C=O) groups is 1. The third-order valence-electron chi connectivity index (χ3n) is 4.72. The number of rotatable bonds is 9. The Morgan fingerprint density at radius 3 is 2.44 bits per heavy atom. The molecular weight excluding hydrogens is 429 g/mol. The van der Waals surface area contributed by atoms with Crippen LogP contribution < -0.4 is 16.0 Å². The molecule has 0 aromatic heterocycles. The first-order valence-electron chi connectivity index (χ1n) is 9.75. The second kappa shape index (κ2) is 12.7. The highest BCUT2D eigenvalue weighted by molar-refractivity contribution is 14.0. The lowest BCUT2D eigenvalue weighted by molar-refractivity contribution is -0.122. The Labute approximate surface area is 170 Å². The molecule has 0 atom stereocenters. The van der Waals surface area contributed by atoms with Gasteiger partial charge in [-0.2, -0.15) is 0 Å². The summed E-state index contributed by atoms with van der Waals surface area (Å²) in [5, 5.41) is 9.87. The molecule has 0 bridgehead atoms. The number of piperidine rings is 1. The van der Waals surface area contributed by atoms with Gasteiger partial charge >= 0.3 is 0 Å². The van der Waals surface area contributed by atoms with Crippen LogP contribution in [0.15, 0.2) is 4.99 Å². The Morgan fingerprint density at radius 2 is 1.84 bits per heavy atom. The molecule has 0 unspecified atom stereocenters. The highest BCUT2D eigenvalue weighted by atomic mass is 127. The van der Waals surface area contributed by atoms with Gasteiger partial charge in [-0.15, -0.1) is 24.0 Å². The first kappa shape index (κ1) is 22.5. The van der Waals surface area contributed by atoms with Gasteiger partial charge in [0.2, 0.25) is 5.91 Å². The Balaban J connectivity index is 0.00000312. The van der Waals surface area contributed by atoms with Crippen molar-refractivity contribution in [2.75, 3.05) is 39.3 Å². The summed E-state index contributed by atoms with van der Waals surface area (Å²) in [6.07, 6.45) is 7.13. The maximum absolute atomic E-state index is 11.8. The average Bonchev–Trinajstić information content (AvgIpc) is 3.39. The van der Waals surface area contributed by atoms with Crippen LogP contribution in [-0.4, -0.2) is 62.1 Å². The van der Waals surface area contributed by atoms with E-state index in [0.717, 1.165) is 63.9 Å². The van der Waals surface area contributed by atoms with Crippen molar-refractivity contribution in [3.63, 3.8) is 0 Å². The number of hydrogen-bond donors (Lipinski definition) is 3. The van der Waals surface area contributed by atoms with E-state index >= 15 is 0 Å². The number of aliphatic imine (C=N–C) groups is 1. The third-order valence-corrected chi connectivity index (χ3v) is 4.72. The number of amides is 1. The van der Waals surface area contributed by atoms with E-state index in [9.17, 15) is 4.79 Å². The van der Waals surface area contributed by atoms with Crippen molar-refractivity contribution >= 4 is 35.8 Å². The first-order chi connectivity index (χ1) is 11.7. The van der Waals surface area contributed by atoms with E-state index in [0.29, 0.717) is 12.6 Å². The lowest BCUT2D eigenvalue weighted by Crippen LogP contribution is -2.50. The normalized spacial score (nSPS) is 19.2. The van der Waals surface area contributed by atoms with Crippen LogP contribution in [0.4, 0.5) is 0 Å². The molecule has 2 rings (SSSR count). The average molecular weight is 465 g/mol. The predicted octanol–water partition coefficient (Wildman–Crippen LogP) is 1.95. The summed E-state index contributed by atoms with van der Waals surface area (Å²) in [4.78, 5) is 18.8. The molecule has 0 radical (unpaired) electrons. The van der Waals surface area contributed by atoms with Gasteiger partial charge in [-0.3, -0.25) is 14.7 Å². The minimum Gasteiger partial charge on any atom is -0.357 e. The Kier molecular flexibility index (Phi) is 11.4. The van der Waals surface area contributed by atoms with Crippen LogP contribution in [-0.2, 0) is 4.79 Å². The molecular formula is C18H36IN5O. The molecule has 0 aromatic carbocycles. The molecule has 2 fully saturated rings. The number of hydrogen-bond acceptors (Lipinski definition) is 3. The number of likely N-dealkylation sites (tertiary alicyclic amines) is 1. The summed E-state index contributed by atoms with van der Waals surface area (Å²) in [6.45, 7) is 9.25. The summed E-state index contributed by atoms with van der Waals surface area (Å²) < 4.78 is 0. The molecule has 7 heteroatoms. The summed E-state index contributed by atoms with van der Waals surface area (Å²) in [5.74, 6) is 2.04. The Hall–Kier alpha value is -0.570. The Morgan fingerprint density at radius 1 is 1.12 bits per heavy atom. The van der Waals surface area contributed by atoms with Crippen LogP contribution in [0.25, 0.3) is 0 Å². The number of guanidine groups is 1. The van der Waals surface area contributed by atoms with Crippen LogP contribution in [0.3, 0.4) is 0 Å². The molecule has 3 N–H and O–H groups in total. The van der Waals surface area contributed by atoms with Gasteiger partial charge in [0.25, 0.3) is 0 Å². The SMILES string of the molecule is CCCNC(=O)CN1CCC(NC(=NCCC2CC2)NCC)CC1.I. The summed E-state index contributed by atoms with van der Waals surface area (Å²) in [5.41, 5.74) is 0. The summed E-state index contributed by atoms with van der Waals surface area (Å²) >= 11 is 0. The zero-order valence-corrected chi connectivity index (χ0v) is 18.2. The summed E-state index contributed by atoms with van der Waals surface area (Å²) in [7, 11) is 0. The fourth-order valence-corrected chi connectivity index (χ4v) is 3.04. The quantitative estimate of drug-likeness (QED) is 0.277. The highest BCUT2D eigenvalue weighted by Gasteiger charge is 2.22. The predicted molar refractivity (Wildman–Crippen MR) is 115 cm³/mol. The van der Waals surface area contributed by atoms with Gasteiger partial charge < -0.3 is 16.0 Å². The molecule has 25 heavy (non-hydrogen) atoms. The Bertz CT molecular complexity index is 406. The lowest BCUT2D eigenvalue weighted by atomic mass is 10.1. The topological polar surface area (TPSA) is 68.8 Å². The van der Waals surface area contributed by atoms with Gasteiger partial charge in [-0.25, -0.2) is 0 Å². The molecule has 1 saturated carbocycles. The van der Waals surface area contributed by atoms with Crippen LogP contribution in [0.2, 0.25) is 0 Å². The van der Waals surface area contributed by atoms with Gasteiger partial charge in [0.1, 0.15) is 0 Å². The molecule has 0 aromatic rings. The van der Waals surface area contributed by atoms with E-state index in [1.165, 1.54) is 19.3 Å². The molecule has 1 amide bonds. The van der Waals surface area contributed by atoms with Crippen molar-refractivity contribution in [2.24, 2.45) is 10.9 Å². The van der Waals surface area contributed by atoms with E-state index in [1.54, 1.807) is 0 Å². The zero-order valence-electron chi connectivity index (χ0n) is 15.9. The minimum absolute atomic E-state index is 0. The van der Waals surface area contributed by atoms with Crippen molar-refractivity contribution in [3.8, 4) is 0 Å². The molecule has 0 spiro atoms. The van der Waals surface area contributed by atoms with Gasteiger partial charge in [0, 0.05) is 38.8 Å². The molecule has 1 saturated heterocycles. The van der Waals surface area contributed by atoms with Gasteiger partial charge in [-0.05, 0) is 38.5 Å². The molecule has 1 heterocycles. The van der Waals surface area contributed by atoms with Crippen molar-refractivity contribution < 1.29 is 4.79 Å². The van der Waals surface area contributed by atoms with E-state index in [1.807, 2.05) is 0 Å². The maximum atomic E-state index is 11.8. The van der Waals surface area contributed by atoms with Crippen LogP contribution >= 0.6 is 24.0 Å². The largest absolute Gasteiger partial charge is 0.357 e. The van der Waals surface area contributed by atoms with Crippen LogP contribution in [0.1, 0.15) is 52.4 Å². The number of halogens is 1. The molecule has 1 aliphatic heterocycles. The third kappa shape index (κ3) is 9.63.